The lowest BCUT2D eigenvalue weighted by Gasteiger charge is -2.10. The van der Waals surface area contributed by atoms with Gasteiger partial charge in [0.05, 0.1) is 5.56 Å². The Morgan fingerprint density at radius 1 is 1.10 bits per heavy atom. The maximum Gasteiger partial charge on any atom is 0.419 e. The van der Waals surface area contributed by atoms with Crippen molar-refractivity contribution in [2.45, 2.75) is 19.1 Å². The Kier molecular flexibility index (Phi) is 4.90. The van der Waals surface area contributed by atoms with Crippen LogP contribution in [0.2, 0.25) is 0 Å². The van der Waals surface area contributed by atoms with E-state index >= 15 is 0 Å². The van der Waals surface area contributed by atoms with Gasteiger partial charge in [-0.2, -0.15) is 13.2 Å². The molecule has 1 aromatic heterocycles. The SMILES string of the molecule is Fc1ccc(CNCCc2ccccn2)cc1C(F)(F)F. The van der Waals surface area contributed by atoms with Gasteiger partial charge in [0.2, 0.25) is 0 Å². The molecule has 0 atom stereocenters. The molecule has 0 bridgehead atoms. The van der Waals surface area contributed by atoms with Gasteiger partial charge >= 0.3 is 6.18 Å². The summed E-state index contributed by atoms with van der Waals surface area (Å²) in [6.07, 6.45) is -2.31. The molecule has 2 rings (SSSR count). The lowest BCUT2D eigenvalue weighted by atomic mass is 10.1. The minimum absolute atomic E-state index is 0.246. The second-order valence-corrected chi connectivity index (χ2v) is 4.56. The fourth-order valence-corrected chi connectivity index (χ4v) is 1.89. The van der Waals surface area contributed by atoms with Crippen molar-refractivity contribution >= 4 is 0 Å². The van der Waals surface area contributed by atoms with E-state index in [0.29, 0.717) is 18.5 Å². The van der Waals surface area contributed by atoms with Crippen LogP contribution >= 0.6 is 0 Å². The van der Waals surface area contributed by atoms with Crippen molar-refractivity contribution in [1.82, 2.24) is 10.3 Å². The first kappa shape index (κ1) is 15.4. The highest BCUT2D eigenvalue weighted by molar-refractivity contribution is 5.27. The van der Waals surface area contributed by atoms with E-state index in [0.717, 1.165) is 17.8 Å². The van der Waals surface area contributed by atoms with Gasteiger partial charge in [0.1, 0.15) is 5.82 Å². The summed E-state index contributed by atoms with van der Waals surface area (Å²) in [5.74, 6) is -1.25. The Bertz CT molecular complexity index is 582. The molecule has 0 aliphatic heterocycles. The van der Waals surface area contributed by atoms with Crippen LogP contribution in [-0.2, 0) is 19.1 Å². The van der Waals surface area contributed by atoms with E-state index in [2.05, 4.69) is 10.3 Å². The fourth-order valence-electron chi connectivity index (χ4n) is 1.89. The van der Waals surface area contributed by atoms with Gasteiger partial charge in [-0.1, -0.05) is 12.1 Å². The molecule has 0 fully saturated rings. The van der Waals surface area contributed by atoms with Gasteiger partial charge in [-0.25, -0.2) is 4.39 Å². The lowest BCUT2D eigenvalue weighted by Crippen LogP contribution is -2.18. The second kappa shape index (κ2) is 6.67. The third kappa shape index (κ3) is 4.53. The molecule has 0 amide bonds. The van der Waals surface area contributed by atoms with E-state index in [-0.39, 0.29) is 6.54 Å². The number of pyridine rings is 1. The molecule has 2 aromatic rings. The molecule has 0 aliphatic carbocycles. The molecule has 2 nitrogen and oxygen atoms in total. The molecule has 1 heterocycles. The highest BCUT2D eigenvalue weighted by Crippen LogP contribution is 2.31. The maximum atomic E-state index is 13.1. The second-order valence-electron chi connectivity index (χ2n) is 4.56. The van der Waals surface area contributed by atoms with E-state index in [1.807, 2.05) is 18.2 Å². The van der Waals surface area contributed by atoms with Crippen LogP contribution in [0.15, 0.2) is 42.6 Å². The normalized spacial score (nSPS) is 11.6. The molecule has 1 N–H and O–H groups in total. The molecule has 6 heteroatoms. The molecule has 21 heavy (non-hydrogen) atoms. The third-order valence-electron chi connectivity index (χ3n) is 2.95. The number of hydrogen-bond donors (Lipinski definition) is 1. The van der Waals surface area contributed by atoms with Gasteiger partial charge in [0.25, 0.3) is 0 Å². The molecule has 0 spiro atoms. The monoisotopic (exact) mass is 298 g/mol. The minimum atomic E-state index is -4.67. The van der Waals surface area contributed by atoms with Crippen LogP contribution in [-0.4, -0.2) is 11.5 Å². The van der Waals surface area contributed by atoms with Gasteiger partial charge < -0.3 is 5.32 Å². The maximum absolute atomic E-state index is 13.1. The summed E-state index contributed by atoms with van der Waals surface area (Å²) in [6.45, 7) is 0.825. The number of alkyl halides is 3. The highest BCUT2D eigenvalue weighted by Gasteiger charge is 2.34. The predicted octanol–water partition coefficient (Wildman–Crippen LogP) is 3.57. The standard InChI is InChI=1S/C15H14F4N2/c16-14-5-4-11(9-13(14)15(17,18)19)10-20-8-6-12-3-1-2-7-21-12/h1-5,7,9,20H,6,8,10H2. The summed E-state index contributed by atoms with van der Waals surface area (Å²) in [4.78, 5) is 4.14. The number of benzene rings is 1. The van der Waals surface area contributed by atoms with Crippen molar-refractivity contribution in [1.29, 1.82) is 0 Å². The first-order valence-corrected chi connectivity index (χ1v) is 6.43. The topological polar surface area (TPSA) is 24.9 Å². The van der Waals surface area contributed by atoms with Crippen LogP contribution in [0.1, 0.15) is 16.8 Å². The number of nitrogens with zero attached hydrogens (tertiary/aromatic N) is 1. The van der Waals surface area contributed by atoms with Crippen molar-refractivity contribution in [2.75, 3.05) is 6.54 Å². The number of nitrogens with one attached hydrogen (secondary N) is 1. The largest absolute Gasteiger partial charge is 0.419 e. The van der Waals surface area contributed by atoms with E-state index in [1.54, 1.807) is 6.20 Å². The summed E-state index contributed by atoms with van der Waals surface area (Å²) in [5.41, 5.74) is 0.0661. The van der Waals surface area contributed by atoms with Crippen molar-refractivity contribution in [3.05, 3.63) is 65.2 Å². The van der Waals surface area contributed by atoms with Crippen LogP contribution in [0.25, 0.3) is 0 Å². The quantitative estimate of drug-likeness (QED) is 0.674. The summed E-state index contributed by atoms with van der Waals surface area (Å²) < 4.78 is 50.8. The average Bonchev–Trinajstić information content (AvgIpc) is 2.45. The summed E-state index contributed by atoms with van der Waals surface area (Å²) >= 11 is 0. The van der Waals surface area contributed by atoms with Gasteiger partial charge in [-0.3, -0.25) is 4.98 Å². The van der Waals surface area contributed by atoms with Gasteiger partial charge in [-0.05, 0) is 29.8 Å². The van der Waals surface area contributed by atoms with Crippen LogP contribution in [0, 0.1) is 5.82 Å². The van der Waals surface area contributed by atoms with Gasteiger partial charge in [0.15, 0.2) is 0 Å². The zero-order valence-electron chi connectivity index (χ0n) is 11.1. The number of rotatable bonds is 5. The first-order chi connectivity index (χ1) is 9.97. The lowest BCUT2D eigenvalue weighted by molar-refractivity contribution is -0.140. The molecule has 0 saturated heterocycles. The van der Waals surface area contributed by atoms with Crippen LogP contribution in [0.3, 0.4) is 0 Å². The first-order valence-electron chi connectivity index (χ1n) is 6.43. The van der Waals surface area contributed by atoms with Crippen LogP contribution in [0.5, 0.6) is 0 Å². The van der Waals surface area contributed by atoms with E-state index in [9.17, 15) is 17.6 Å². The predicted molar refractivity (Wildman–Crippen MR) is 71.0 cm³/mol. The third-order valence-corrected chi connectivity index (χ3v) is 2.95. The van der Waals surface area contributed by atoms with E-state index < -0.39 is 17.6 Å². The Morgan fingerprint density at radius 3 is 2.57 bits per heavy atom. The Hall–Kier alpha value is -1.95. The summed E-state index contributed by atoms with van der Waals surface area (Å²) in [6, 6.07) is 8.59. The van der Waals surface area contributed by atoms with Crippen LogP contribution in [0.4, 0.5) is 17.6 Å². The van der Waals surface area contributed by atoms with Crippen molar-refractivity contribution in [2.24, 2.45) is 0 Å². The summed E-state index contributed by atoms with van der Waals surface area (Å²) in [7, 11) is 0. The zero-order valence-corrected chi connectivity index (χ0v) is 11.1. The molecule has 112 valence electrons. The smallest absolute Gasteiger partial charge is 0.312 e. The minimum Gasteiger partial charge on any atom is -0.312 e. The van der Waals surface area contributed by atoms with Gasteiger partial charge in [-0.15, -0.1) is 0 Å². The zero-order chi connectivity index (χ0) is 15.3. The molecule has 0 saturated carbocycles. The number of hydrogen-bond acceptors (Lipinski definition) is 2. The van der Waals surface area contributed by atoms with Crippen molar-refractivity contribution in [3.8, 4) is 0 Å². The van der Waals surface area contributed by atoms with Crippen molar-refractivity contribution < 1.29 is 17.6 Å². The van der Waals surface area contributed by atoms with Crippen molar-refractivity contribution in [3.63, 3.8) is 0 Å². The Morgan fingerprint density at radius 2 is 1.90 bits per heavy atom. The molecular weight excluding hydrogens is 284 g/mol. The Labute approximate surface area is 119 Å². The van der Waals surface area contributed by atoms with E-state index in [4.69, 9.17) is 0 Å². The molecule has 1 aromatic carbocycles. The number of aromatic nitrogens is 1. The Balaban J connectivity index is 1.89. The molecule has 0 radical (unpaired) electrons. The van der Waals surface area contributed by atoms with Gasteiger partial charge in [0, 0.05) is 31.4 Å². The van der Waals surface area contributed by atoms with E-state index in [1.165, 1.54) is 6.07 Å². The molecule has 0 unspecified atom stereocenters. The average molecular weight is 298 g/mol. The van der Waals surface area contributed by atoms with Crippen LogP contribution < -0.4 is 5.32 Å². The number of halogens is 4. The summed E-state index contributed by atoms with van der Waals surface area (Å²) in [5, 5.41) is 3.02. The molecular formula is C15H14F4N2. The fraction of sp³-hybridized carbons (Fsp3) is 0.267. The highest BCUT2D eigenvalue weighted by atomic mass is 19.4. The molecule has 0 aliphatic rings.